The normalized spacial score (nSPS) is 24.9. The van der Waals surface area contributed by atoms with Crippen LogP contribution >= 0.6 is 0 Å². The van der Waals surface area contributed by atoms with Crippen molar-refractivity contribution in [2.45, 2.75) is 44.7 Å². The van der Waals surface area contributed by atoms with E-state index in [9.17, 15) is 4.79 Å². The van der Waals surface area contributed by atoms with Gasteiger partial charge in [0.05, 0.1) is 0 Å². The van der Waals surface area contributed by atoms with Crippen LogP contribution in [0, 0.1) is 11.8 Å². The SMILES string of the molecule is O=C(c1cccc2cnccc12)N1C[C@H]2CC[C@@H](C1)C2Nc1ccc(CN2CCCCC2)cc1. The van der Waals surface area contributed by atoms with Crippen molar-refractivity contribution in [2.75, 3.05) is 31.5 Å². The van der Waals surface area contributed by atoms with Crippen molar-refractivity contribution in [1.82, 2.24) is 14.8 Å². The number of rotatable bonds is 5. The molecule has 5 nitrogen and oxygen atoms in total. The van der Waals surface area contributed by atoms with Crippen LogP contribution in [-0.4, -0.2) is 52.9 Å². The Hall–Kier alpha value is -2.92. The second kappa shape index (κ2) is 9.38. The van der Waals surface area contributed by atoms with Gasteiger partial charge in [0.15, 0.2) is 0 Å². The van der Waals surface area contributed by atoms with Crippen LogP contribution in [-0.2, 0) is 6.54 Å². The molecular weight excluding hydrogens is 420 g/mol. The average Bonchev–Trinajstić information content (AvgIpc) is 3.10. The summed E-state index contributed by atoms with van der Waals surface area (Å²) in [4.78, 5) is 22.4. The van der Waals surface area contributed by atoms with E-state index in [1.807, 2.05) is 30.5 Å². The Morgan fingerprint density at radius 1 is 0.941 bits per heavy atom. The van der Waals surface area contributed by atoms with Crippen molar-refractivity contribution in [3.63, 3.8) is 0 Å². The third-order valence-corrected chi connectivity index (χ3v) is 8.17. The number of carbonyl (C=O) groups is 1. The number of aromatic nitrogens is 1. The second-order valence-electron chi connectivity index (χ2n) is 10.4. The van der Waals surface area contributed by atoms with Crippen molar-refractivity contribution in [1.29, 1.82) is 0 Å². The highest BCUT2D eigenvalue weighted by atomic mass is 16.2. The monoisotopic (exact) mass is 454 g/mol. The molecule has 3 atom stereocenters. The molecule has 3 aromatic rings. The summed E-state index contributed by atoms with van der Waals surface area (Å²) in [6.07, 6.45) is 10.0. The molecule has 1 amide bonds. The lowest BCUT2D eigenvalue weighted by Crippen LogP contribution is -2.50. The van der Waals surface area contributed by atoms with E-state index < -0.39 is 0 Å². The number of nitrogens with one attached hydrogen (secondary N) is 1. The standard InChI is InChI=1S/C29H34N4O/c34-29(27-6-4-5-22-17-30-14-13-26(22)27)33-19-23-9-10-24(20-33)28(23)31-25-11-7-21(8-12-25)18-32-15-2-1-3-16-32/h4-8,11-14,17,23-24,28,31H,1-3,9-10,15-16,18-20H2/t23-,24+,28?. The summed E-state index contributed by atoms with van der Waals surface area (Å²) in [7, 11) is 0. The Kier molecular flexibility index (Phi) is 5.96. The van der Waals surface area contributed by atoms with E-state index in [2.05, 4.69) is 44.4 Å². The third-order valence-electron chi connectivity index (χ3n) is 8.17. The molecule has 1 aliphatic carbocycles. The fraction of sp³-hybridized carbons (Fsp3) is 0.448. The van der Waals surface area contributed by atoms with Crippen molar-refractivity contribution < 1.29 is 4.79 Å². The number of fused-ring (bicyclic) bond motifs is 3. The molecule has 2 bridgehead atoms. The molecule has 0 spiro atoms. The number of carbonyl (C=O) groups excluding carboxylic acids is 1. The summed E-state index contributed by atoms with van der Waals surface area (Å²) < 4.78 is 0. The van der Waals surface area contributed by atoms with Crippen LogP contribution in [0.3, 0.4) is 0 Å². The van der Waals surface area contributed by atoms with Crippen LogP contribution in [0.2, 0.25) is 0 Å². The van der Waals surface area contributed by atoms with Crippen molar-refractivity contribution in [2.24, 2.45) is 11.8 Å². The van der Waals surface area contributed by atoms with E-state index in [0.29, 0.717) is 17.9 Å². The maximum absolute atomic E-state index is 13.5. The molecule has 2 saturated heterocycles. The summed E-state index contributed by atoms with van der Waals surface area (Å²) in [6.45, 7) is 5.20. The van der Waals surface area contributed by atoms with Gasteiger partial charge in [0.2, 0.25) is 0 Å². The van der Waals surface area contributed by atoms with Crippen LogP contribution in [0.25, 0.3) is 10.8 Å². The Morgan fingerprint density at radius 2 is 1.71 bits per heavy atom. The van der Waals surface area contributed by atoms with Crippen LogP contribution in [0.4, 0.5) is 5.69 Å². The Morgan fingerprint density at radius 3 is 2.47 bits per heavy atom. The fourth-order valence-corrected chi connectivity index (χ4v) is 6.38. The summed E-state index contributed by atoms with van der Waals surface area (Å²) in [5.74, 6) is 1.17. The number of hydrogen-bond acceptors (Lipinski definition) is 4. The first-order valence-electron chi connectivity index (χ1n) is 12.9. The molecule has 1 saturated carbocycles. The highest BCUT2D eigenvalue weighted by molar-refractivity contribution is 6.06. The molecule has 1 N–H and O–H groups in total. The molecule has 5 heteroatoms. The number of amides is 1. The molecule has 2 aliphatic heterocycles. The summed E-state index contributed by atoms with van der Waals surface area (Å²) in [5.41, 5.74) is 3.42. The summed E-state index contributed by atoms with van der Waals surface area (Å²) in [6, 6.07) is 17.4. The lowest BCUT2D eigenvalue weighted by molar-refractivity contribution is 0.0649. The van der Waals surface area contributed by atoms with Crippen molar-refractivity contribution in [3.05, 3.63) is 72.1 Å². The number of likely N-dealkylation sites (tertiary alicyclic amines) is 2. The lowest BCUT2D eigenvalue weighted by Gasteiger charge is -2.39. The Bertz CT molecular complexity index is 1140. The molecule has 176 valence electrons. The van der Waals surface area contributed by atoms with E-state index in [1.165, 1.54) is 56.4 Å². The quantitative estimate of drug-likeness (QED) is 0.577. The van der Waals surface area contributed by atoms with Crippen LogP contribution in [0.15, 0.2) is 60.9 Å². The molecular formula is C29H34N4O. The molecule has 3 aliphatic rings. The largest absolute Gasteiger partial charge is 0.382 e. The first-order valence-corrected chi connectivity index (χ1v) is 12.9. The van der Waals surface area contributed by atoms with E-state index in [1.54, 1.807) is 6.20 Å². The van der Waals surface area contributed by atoms with Gasteiger partial charge in [0.25, 0.3) is 5.91 Å². The van der Waals surface area contributed by atoms with E-state index in [-0.39, 0.29) is 5.91 Å². The van der Waals surface area contributed by atoms with Crippen molar-refractivity contribution in [3.8, 4) is 0 Å². The zero-order valence-electron chi connectivity index (χ0n) is 19.8. The average molecular weight is 455 g/mol. The molecule has 6 rings (SSSR count). The predicted molar refractivity (Wildman–Crippen MR) is 137 cm³/mol. The molecule has 3 heterocycles. The highest BCUT2D eigenvalue weighted by Crippen LogP contribution is 2.39. The number of hydrogen-bond donors (Lipinski definition) is 1. The molecule has 1 aromatic heterocycles. The van der Waals surface area contributed by atoms with Gasteiger partial charge < -0.3 is 10.2 Å². The van der Waals surface area contributed by atoms with Crippen molar-refractivity contribution >= 4 is 22.4 Å². The van der Waals surface area contributed by atoms with Gasteiger partial charge in [-0.25, -0.2) is 0 Å². The fourth-order valence-electron chi connectivity index (χ4n) is 6.38. The van der Waals surface area contributed by atoms with Gasteiger partial charge in [-0.05, 0) is 85.8 Å². The topological polar surface area (TPSA) is 48.5 Å². The minimum Gasteiger partial charge on any atom is -0.382 e. The molecule has 0 radical (unpaired) electrons. The van der Waals surface area contributed by atoms with Gasteiger partial charge in [0.1, 0.15) is 0 Å². The van der Waals surface area contributed by atoms with Gasteiger partial charge in [-0.1, -0.05) is 30.7 Å². The smallest absolute Gasteiger partial charge is 0.254 e. The number of benzene rings is 2. The summed E-state index contributed by atoms with van der Waals surface area (Å²) in [5, 5.41) is 5.87. The van der Waals surface area contributed by atoms with Crippen LogP contribution in [0.5, 0.6) is 0 Å². The van der Waals surface area contributed by atoms with Gasteiger partial charge >= 0.3 is 0 Å². The minimum absolute atomic E-state index is 0.161. The first-order chi connectivity index (χ1) is 16.7. The van der Waals surface area contributed by atoms with E-state index in [4.69, 9.17) is 0 Å². The highest BCUT2D eigenvalue weighted by Gasteiger charge is 2.43. The van der Waals surface area contributed by atoms with Gasteiger partial charge in [-0.15, -0.1) is 0 Å². The molecule has 34 heavy (non-hydrogen) atoms. The molecule has 1 unspecified atom stereocenters. The number of piperidine rings is 2. The van der Waals surface area contributed by atoms with E-state index >= 15 is 0 Å². The number of nitrogens with zero attached hydrogens (tertiary/aromatic N) is 3. The Labute approximate surface area is 202 Å². The second-order valence-corrected chi connectivity index (χ2v) is 10.4. The zero-order chi connectivity index (χ0) is 22.9. The van der Waals surface area contributed by atoms with Gasteiger partial charge in [0, 0.05) is 54.7 Å². The van der Waals surface area contributed by atoms with E-state index in [0.717, 1.165) is 36.0 Å². The number of pyridine rings is 1. The number of anilines is 1. The zero-order valence-corrected chi connectivity index (χ0v) is 19.8. The predicted octanol–water partition coefficient (Wildman–Crippen LogP) is 5.18. The van der Waals surface area contributed by atoms with Gasteiger partial charge in [-0.2, -0.15) is 0 Å². The first kappa shape index (κ1) is 21.6. The maximum Gasteiger partial charge on any atom is 0.254 e. The lowest BCUT2D eigenvalue weighted by atomic mass is 9.91. The van der Waals surface area contributed by atoms with Crippen LogP contribution < -0.4 is 5.32 Å². The molecule has 3 fully saturated rings. The third kappa shape index (κ3) is 4.29. The minimum atomic E-state index is 0.161. The Balaban J connectivity index is 1.11. The molecule has 2 aromatic carbocycles. The maximum atomic E-state index is 13.5. The van der Waals surface area contributed by atoms with Crippen LogP contribution in [0.1, 0.15) is 48.0 Å². The summed E-state index contributed by atoms with van der Waals surface area (Å²) >= 11 is 0. The van der Waals surface area contributed by atoms with Gasteiger partial charge in [-0.3, -0.25) is 14.7 Å².